The summed E-state index contributed by atoms with van der Waals surface area (Å²) in [6.45, 7) is 3.37. The van der Waals surface area contributed by atoms with Crippen molar-refractivity contribution in [2.75, 3.05) is 6.61 Å². The number of aliphatic hydroxyl groups excluding tert-OH is 3. The van der Waals surface area contributed by atoms with E-state index in [1.807, 2.05) is 74.5 Å². The predicted octanol–water partition coefficient (Wildman–Crippen LogP) is 1.07. The molecule has 1 aliphatic rings. The van der Waals surface area contributed by atoms with E-state index in [4.69, 9.17) is 10.3 Å². The maximum atomic E-state index is 12.3. The molecule has 2 unspecified atom stereocenters. The normalized spacial score (nSPS) is 26.8. The molecule has 3 rings (SSSR count). The van der Waals surface area contributed by atoms with Crippen molar-refractivity contribution in [3.8, 4) is 0 Å². The Hall–Kier alpha value is -2.23. The lowest BCUT2D eigenvalue weighted by Crippen LogP contribution is -2.67. The quantitative estimate of drug-likeness (QED) is 0.219. The van der Waals surface area contributed by atoms with Gasteiger partial charge in [0.1, 0.15) is 12.2 Å². The minimum absolute atomic E-state index is 0.240. The van der Waals surface area contributed by atoms with E-state index in [0.29, 0.717) is 0 Å². The lowest BCUT2D eigenvalue weighted by atomic mass is 9.89. The van der Waals surface area contributed by atoms with Crippen LogP contribution in [0.25, 0.3) is 10.4 Å². The molecular weight excluding hydrogens is 414 g/mol. The molecule has 0 saturated carbocycles. The number of azide groups is 1. The van der Waals surface area contributed by atoms with E-state index in [9.17, 15) is 20.1 Å². The van der Waals surface area contributed by atoms with Gasteiger partial charge in [0.15, 0.2) is 0 Å². The molecule has 166 valence electrons. The van der Waals surface area contributed by atoms with Crippen molar-refractivity contribution >= 4 is 18.7 Å². The number of benzene rings is 2. The lowest BCUT2D eigenvalue weighted by molar-refractivity contribution is -0.191. The summed E-state index contributed by atoms with van der Waals surface area (Å²) in [5.74, 6) is 0. The molecule has 0 aliphatic carbocycles. The molecule has 1 fully saturated rings. The van der Waals surface area contributed by atoms with Crippen LogP contribution in [-0.2, 0) is 4.74 Å². The second-order valence-corrected chi connectivity index (χ2v) is 12.5. The van der Waals surface area contributed by atoms with Crippen molar-refractivity contribution in [2.24, 2.45) is 5.11 Å². The topological polar surface area (TPSA) is 139 Å². The van der Waals surface area contributed by atoms with Crippen LogP contribution in [0.4, 0.5) is 0 Å². The Labute approximate surface area is 182 Å². The first-order valence-electron chi connectivity index (χ1n) is 10.3. The first-order chi connectivity index (χ1) is 14.8. The highest BCUT2D eigenvalue weighted by Crippen LogP contribution is 2.43. The average Bonchev–Trinajstić information content (AvgIpc) is 2.79. The third kappa shape index (κ3) is 4.39. The Balaban J connectivity index is 2.05. The fraction of sp³-hybridized carbons (Fsp3) is 0.455. The maximum Gasteiger partial charge on any atom is 0.258 e. The van der Waals surface area contributed by atoms with Gasteiger partial charge in [-0.15, -0.1) is 0 Å². The number of ether oxygens (including phenoxy) is 1. The van der Waals surface area contributed by atoms with E-state index in [1.54, 1.807) is 0 Å². The van der Waals surface area contributed by atoms with Crippen molar-refractivity contribution in [2.45, 2.75) is 55.8 Å². The van der Waals surface area contributed by atoms with E-state index < -0.39 is 50.4 Å². The van der Waals surface area contributed by atoms with Crippen LogP contribution in [0.2, 0.25) is 5.04 Å². The zero-order valence-corrected chi connectivity index (χ0v) is 18.6. The summed E-state index contributed by atoms with van der Waals surface area (Å²) >= 11 is 0. The Kier molecular flexibility index (Phi) is 7.18. The number of hydrogen-bond acceptors (Lipinski definition) is 6. The molecule has 2 aromatic rings. The summed E-state index contributed by atoms with van der Waals surface area (Å²) in [7, 11) is -3.36. The molecule has 0 amide bonds. The van der Waals surface area contributed by atoms with Crippen LogP contribution < -0.4 is 10.4 Å². The molecule has 9 heteroatoms. The lowest BCUT2D eigenvalue weighted by Gasteiger charge is -2.47. The maximum absolute atomic E-state index is 12.3. The molecule has 0 aromatic heterocycles. The molecule has 5 atom stereocenters. The molecule has 8 nitrogen and oxygen atoms in total. The standard InChI is InChI=1S/C22H29N3O5Si/c1-22(2,13-17-19(24-25-23)21(28)20(27)18(14-26)30-17)31(29,15-9-5-3-6-10-15)16-11-7-4-8-12-16/h3-12,17-21,26-29H,13-14H2,1-2H3/t17-,18?,19+,20+,21?/m0/s1. The summed E-state index contributed by atoms with van der Waals surface area (Å²) in [5.41, 5.74) is 9.00. The van der Waals surface area contributed by atoms with E-state index in [2.05, 4.69) is 10.0 Å². The van der Waals surface area contributed by atoms with Crippen molar-refractivity contribution in [3.05, 3.63) is 71.1 Å². The van der Waals surface area contributed by atoms with Crippen LogP contribution >= 0.6 is 0 Å². The smallest absolute Gasteiger partial charge is 0.258 e. The van der Waals surface area contributed by atoms with Gasteiger partial charge in [0, 0.05) is 4.91 Å². The average molecular weight is 444 g/mol. The van der Waals surface area contributed by atoms with Gasteiger partial charge in [-0.25, -0.2) is 0 Å². The Bertz CT molecular complexity index is 868. The zero-order chi connectivity index (χ0) is 22.6. The van der Waals surface area contributed by atoms with Gasteiger partial charge in [0.25, 0.3) is 8.32 Å². The van der Waals surface area contributed by atoms with E-state index in [1.165, 1.54) is 0 Å². The van der Waals surface area contributed by atoms with Crippen molar-refractivity contribution in [1.82, 2.24) is 0 Å². The van der Waals surface area contributed by atoms with Crippen molar-refractivity contribution in [3.63, 3.8) is 0 Å². The van der Waals surface area contributed by atoms with Crippen LogP contribution in [0.5, 0.6) is 0 Å². The van der Waals surface area contributed by atoms with Crippen LogP contribution in [0.15, 0.2) is 65.8 Å². The molecule has 0 radical (unpaired) electrons. The van der Waals surface area contributed by atoms with Gasteiger partial charge < -0.3 is 24.9 Å². The van der Waals surface area contributed by atoms with Crippen LogP contribution in [0.3, 0.4) is 0 Å². The summed E-state index contributed by atoms with van der Waals surface area (Å²) in [6, 6.07) is 17.9. The molecule has 1 aliphatic heterocycles. The molecule has 31 heavy (non-hydrogen) atoms. The van der Waals surface area contributed by atoms with E-state index in [0.717, 1.165) is 10.4 Å². The predicted molar refractivity (Wildman–Crippen MR) is 119 cm³/mol. The van der Waals surface area contributed by atoms with Crippen molar-refractivity contribution < 1.29 is 24.9 Å². The van der Waals surface area contributed by atoms with E-state index >= 15 is 0 Å². The SMILES string of the molecule is CC(C)(C[C@@H]1OC(CO)[C@@H](O)C(O)[C@@H]1N=[N+]=[N-])[Si](O)(c1ccccc1)c1ccccc1. The third-order valence-corrected chi connectivity index (χ3v) is 10.8. The Morgan fingerprint density at radius 2 is 1.48 bits per heavy atom. The van der Waals surface area contributed by atoms with Crippen LogP contribution in [-0.4, -0.2) is 65.5 Å². The van der Waals surface area contributed by atoms with Gasteiger partial charge >= 0.3 is 0 Å². The molecular formula is C22H29N3O5Si. The molecule has 2 aromatic carbocycles. The first-order valence-corrected chi connectivity index (χ1v) is 12.2. The number of rotatable bonds is 7. The number of hydrogen-bond donors (Lipinski definition) is 4. The highest BCUT2D eigenvalue weighted by molar-refractivity contribution is 6.98. The fourth-order valence-corrected chi connectivity index (χ4v) is 8.25. The van der Waals surface area contributed by atoms with Gasteiger partial charge in [0.05, 0.1) is 24.9 Å². The minimum atomic E-state index is -3.36. The summed E-state index contributed by atoms with van der Waals surface area (Å²) in [4.78, 5) is 15.1. The minimum Gasteiger partial charge on any atom is -0.424 e. The molecule has 0 spiro atoms. The van der Waals surface area contributed by atoms with E-state index in [-0.39, 0.29) is 6.42 Å². The van der Waals surface area contributed by atoms with Crippen LogP contribution in [0, 0.1) is 0 Å². The van der Waals surface area contributed by atoms with Gasteiger partial charge in [-0.2, -0.15) is 0 Å². The highest BCUT2D eigenvalue weighted by atomic mass is 28.4. The Morgan fingerprint density at radius 1 is 0.968 bits per heavy atom. The van der Waals surface area contributed by atoms with Crippen LogP contribution in [0.1, 0.15) is 20.3 Å². The highest BCUT2D eigenvalue weighted by Gasteiger charge is 2.53. The second kappa shape index (κ2) is 9.50. The monoisotopic (exact) mass is 443 g/mol. The fourth-order valence-electron chi connectivity index (χ4n) is 4.51. The molecule has 1 saturated heterocycles. The summed E-state index contributed by atoms with van der Waals surface area (Å²) in [5, 5.41) is 34.9. The van der Waals surface area contributed by atoms with Gasteiger partial charge in [0.2, 0.25) is 0 Å². The molecule has 4 N–H and O–H groups in total. The number of nitrogens with zero attached hydrogens (tertiary/aromatic N) is 3. The van der Waals surface area contributed by atoms with Crippen molar-refractivity contribution in [1.29, 1.82) is 0 Å². The first kappa shape index (κ1) is 23.4. The zero-order valence-electron chi connectivity index (χ0n) is 17.6. The largest absolute Gasteiger partial charge is 0.424 e. The Morgan fingerprint density at radius 3 is 1.94 bits per heavy atom. The second-order valence-electron chi connectivity index (χ2n) is 8.60. The summed E-state index contributed by atoms with van der Waals surface area (Å²) < 4.78 is 5.87. The van der Waals surface area contributed by atoms with Gasteiger partial charge in [-0.3, -0.25) is 0 Å². The van der Waals surface area contributed by atoms with Gasteiger partial charge in [-0.1, -0.05) is 79.6 Å². The summed E-state index contributed by atoms with van der Waals surface area (Å²) in [6.07, 6.45) is -4.33. The molecule has 0 bridgehead atoms. The third-order valence-electron chi connectivity index (χ3n) is 6.25. The number of aliphatic hydroxyl groups is 3. The van der Waals surface area contributed by atoms with Gasteiger partial charge in [-0.05, 0) is 27.4 Å². The molecule has 1 heterocycles.